The number of rotatable bonds is 5. The molecule has 3 aromatic rings. The van der Waals surface area contributed by atoms with Crippen LogP contribution in [-0.2, 0) is 13.1 Å². The lowest BCUT2D eigenvalue weighted by Gasteiger charge is -2.26. The number of hydrogen-bond acceptors (Lipinski definition) is 1. The van der Waals surface area contributed by atoms with Gasteiger partial charge in [0.05, 0.1) is 10.7 Å². The fraction of sp³-hybridized carbons (Fsp3) is 0.136. The average Bonchev–Trinajstić information content (AvgIpc) is 2.66. The number of anilines is 1. The Hall–Kier alpha value is -2.36. The fourth-order valence-electron chi connectivity index (χ4n) is 2.75. The standard InChI is InChI=1S/C22H21ClN2S/c1-17-9-8-14-20(21(17)23)24-22(26)25(15-18-10-4-2-5-11-18)16-19-12-6-3-7-13-19/h2-14H,15-16H2,1H3,(H,24,26). The van der Waals surface area contributed by atoms with Crippen molar-refractivity contribution in [3.63, 3.8) is 0 Å². The molecule has 3 rings (SSSR count). The third kappa shape index (κ3) is 4.84. The first kappa shape index (κ1) is 18.4. The minimum absolute atomic E-state index is 0.658. The van der Waals surface area contributed by atoms with E-state index in [1.54, 1.807) is 0 Å². The van der Waals surface area contributed by atoms with Crippen LogP contribution in [0.5, 0.6) is 0 Å². The van der Waals surface area contributed by atoms with Crippen molar-refractivity contribution in [1.29, 1.82) is 0 Å². The van der Waals surface area contributed by atoms with Crippen LogP contribution in [0.25, 0.3) is 0 Å². The van der Waals surface area contributed by atoms with E-state index in [0.29, 0.717) is 10.1 Å². The van der Waals surface area contributed by atoms with E-state index in [4.69, 9.17) is 23.8 Å². The number of hydrogen-bond donors (Lipinski definition) is 1. The van der Waals surface area contributed by atoms with Gasteiger partial charge in [-0.05, 0) is 41.9 Å². The quantitative estimate of drug-likeness (QED) is 0.542. The summed E-state index contributed by atoms with van der Waals surface area (Å²) in [5.41, 5.74) is 4.28. The first-order valence-corrected chi connectivity index (χ1v) is 9.31. The van der Waals surface area contributed by atoms with Gasteiger partial charge in [-0.2, -0.15) is 0 Å². The van der Waals surface area contributed by atoms with Gasteiger partial charge in [0, 0.05) is 13.1 Å². The molecule has 0 saturated carbocycles. The van der Waals surface area contributed by atoms with Crippen molar-refractivity contribution < 1.29 is 0 Å². The van der Waals surface area contributed by atoms with Crippen LogP contribution in [0.2, 0.25) is 5.02 Å². The van der Waals surface area contributed by atoms with E-state index < -0.39 is 0 Å². The third-order valence-electron chi connectivity index (χ3n) is 4.15. The van der Waals surface area contributed by atoms with Crippen LogP contribution >= 0.6 is 23.8 Å². The molecule has 132 valence electrons. The Balaban J connectivity index is 1.81. The number of halogens is 1. The van der Waals surface area contributed by atoms with Crippen molar-refractivity contribution in [2.45, 2.75) is 20.0 Å². The number of nitrogens with zero attached hydrogens (tertiary/aromatic N) is 1. The Labute approximate surface area is 165 Å². The second-order valence-corrected chi connectivity index (χ2v) is 6.96. The molecule has 1 N–H and O–H groups in total. The maximum Gasteiger partial charge on any atom is 0.174 e. The lowest BCUT2D eigenvalue weighted by molar-refractivity contribution is 0.413. The highest BCUT2D eigenvalue weighted by Gasteiger charge is 2.13. The van der Waals surface area contributed by atoms with Crippen molar-refractivity contribution >= 4 is 34.6 Å². The maximum atomic E-state index is 6.42. The number of nitrogens with one attached hydrogen (secondary N) is 1. The van der Waals surface area contributed by atoms with E-state index in [1.165, 1.54) is 11.1 Å². The monoisotopic (exact) mass is 380 g/mol. The average molecular weight is 381 g/mol. The molecule has 0 atom stereocenters. The largest absolute Gasteiger partial charge is 0.340 e. The van der Waals surface area contributed by atoms with Crippen molar-refractivity contribution in [3.05, 3.63) is 101 Å². The maximum absolute atomic E-state index is 6.42. The van der Waals surface area contributed by atoms with Gasteiger partial charge in [-0.25, -0.2) is 0 Å². The van der Waals surface area contributed by atoms with Gasteiger partial charge in [0.25, 0.3) is 0 Å². The number of thiocarbonyl (C=S) groups is 1. The molecule has 0 aliphatic rings. The van der Waals surface area contributed by atoms with E-state index in [-0.39, 0.29) is 0 Å². The van der Waals surface area contributed by atoms with Crippen LogP contribution in [-0.4, -0.2) is 10.0 Å². The molecule has 3 aromatic carbocycles. The third-order valence-corrected chi connectivity index (χ3v) is 5.02. The lowest BCUT2D eigenvalue weighted by atomic mass is 10.2. The van der Waals surface area contributed by atoms with Gasteiger partial charge in [-0.1, -0.05) is 84.4 Å². The van der Waals surface area contributed by atoms with E-state index >= 15 is 0 Å². The van der Waals surface area contributed by atoms with Gasteiger partial charge in [-0.15, -0.1) is 0 Å². The Morgan fingerprint density at radius 1 is 0.846 bits per heavy atom. The van der Waals surface area contributed by atoms with Gasteiger partial charge in [0.15, 0.2) is 5.11 Å². The summed E-state index contributed by atoms with van der Waals surface area (Å²) in [5, 5.41) is 4.68. The van der Waals surface area contributed by atoms with Crippen molar-refractivity contribution in [2.75, 3.05) is 5.32 Å². The predicted octanol–water partition coefficient (Wildman–Crippen LogP) is 6.05. The van der Waals surface area contributed by atoms with Crippen LogP contribution in [0.4, 0.5) is 5.69 Å². The summed E-state index contributed by atoms with van der Waals surface area (Å²) in [7, 11) is 0. The first-order valence-electron chi connectivity index (χ1n) is 8.52. The van der Waals surface area contributed by atoms with Gasteiger partial charge >= 0.3 is 0 Å². The van der Waals surface area contributed by atoms with Gasteiger partial charge in [-0.3, -0.25) is 0 Å². The molecule has 0 amide bonds. The second kappa shape index (κ2) is 8.84. The SMILES string of the molecule is Cc1cccc(NC(=S)N(Cc2ccccc2)Cc2ccccc2)c1Cl. The van der Waals surface area contributed by atoms with E-state index in [1.807, 2.05) is 61.5 Å². The molecule has 0 saturated heterocycles. The van der Waals surface area contributed by atoms with Crippen LogP contribution < -0.4 is 5.32 Å². The van der Waals surface area contributed by atoms with Crippen molar-refractivity contribution in [2.24, 2.45) is 0 Å². The van der Waals surface area contributed by atoms with E-state index in [0.717, 1.165) is 24.3 Å². The summed E-state index contributed by atoms with van der Waals surface area (Å²) < 4.78 is 0. The molecule has 0 aliphatic heterocycles. The summed E-state index contributed by atoms with van der Waals surface area (Å²) in [6, 6.07) is 26.6. The molecule has 0 bridgehead atoms. The molecule has 0 aliphatic carbocycles. The Kier molecular flexibility index (Phi) is 6.26. The predicted molar refractivity (Wildman–Crippen MR) is 115 cm³/mol. The molecule has 0 heterocycles. The van der Waals surface area contributed by atoms with E-state index in [9.17, 15) is 0 Å². The smallest absolute Gasteiger partial charge is 0.174 e. The minimum Gasteiger partial charge on any atom is -0.340 e. The van der Waals surface area contributed by atoms with Gasteiger partial charge in [0.1, 0.15) is 0 Å². The minimum atomic E-state index is 0.658. The second-order valence-electron chi connectivity index (χ2n) is 6.19. The molecular weight excluding hydrogens is 360 g/mol. The van der Waals surface area contributed by atoms with Gasteiger partial charge in [0.2, 0.25) is 0 Å². The zero-order chi connectivity index (χ0) is 18.4. The van der Waals surface area contributed by atoms with Crippen LogP contribution in [0.3, 0.4) is 0 Å². The molecule has 0 radical (unpaired) electrons. The highest BCUT2D eigenvalue weighted by atomic mass is 35.5. The molecular formula is C22H21ClN2S. The molecule has 0 fully saturated rings. The highest BCUT2D eigenvalue weighted by molar-refractivity contribution is 7.80. The van der Waals surface area contributed by atoms with E-state index in [2.05, 4.69) is 34.5 Å². The molecule has 2 nitrogen and oxygen atoms in total. The number of aryl methyl sites for hydroxylation is 1. The Morgan fingerprint density at radius 2 is 1.38 bits per heavy atom. The summed E-state index contributed by atoms with van der Waals surface area (Å²) in [6.45, 7) is 3.44. The zero-order valence-electron chi connectivity index (χ0n) is 14.7. The fourth-order valence-corrected chi connectivity index (χ4v) is 3.16. The van der Waals surface area contributed by atoms with Crippen molar-refractivity contribution in [1.82, 2.24) is 4.90 Å². The Bertz CT molecular complexity index is 824. The Morgan fingerprint density at radius 3 is 1.92 bits per heavy atom. The summed E-state index contributed by atoms with van der Waals surface area (Å²) >= 11 is 12.1. The van der Waals surface area contributed by atoms with Crippen molar-refractivity contribution in [3.8, 4) is 0 Å². The molecule has 26 heavy (non-hydrogen) atoms. The lowest BCUT2D eigenvalue weighted by Crippen LogP contribution is -2.34. The molecule has 0 unspecified atom stereocenters. The summed E-state index contributed by atoms with van der Waals surface area (Å²) in [4.78, 5) is 2.15. The number of benzene rings is 3. The van der Waals surface area contributed by atoms with Crippen LogP contribution in [0.1, 0.15) is 16.7 Å². The molecule has 0 spiro atoms. The summed E-state index contributed by atoms with van der Waals surface area (Å²) in [5.74, 6) is 0. The summed E-state index contributed by atoms with van der Waals surface area (Å²) in [6.07, 6.45) is 0. The zero-order valence-corrected chi connectivity index (χ0v) is 16.2. The normalized spacial score (nSPS) is 10.4. The van der Waals surface area contributed by atoms with Gasteiger partial charge < -0.3 is 10.2 Å². The van der Waals surface area contributed by atoms with Crippen LogP contribution in [0.15, 0.2) is 78.9 Å². The topological polar surface area (TPSA) is 15.3 Å². The van der Waals surface area contributed by atoms with Crippen LogP contribution in [0, 0.1) is 6.92 Å². The highest BCUT2D eigenvalue weighted by Crippen LogP contribution is 2.25. The molecule has 4 heteroatoms. The molecule has 0 aromatic heterocycles. The first-order chi connectivity index (χ1) is 12.6.